The Morgan fingerprint density at radius 3 is 2.42 bits per heavy atom. The maximum atomic E-state index is 12.7. The Labute approximate surface area is 198 Å². The van der Waals surface area contributed by atoms with Gasteiger partial charge in [0.15, 0.2) is 11.4 Å². The first kappa shape index (κ1) is 25.0. The molecule has 0 bridgehead atoms. The summed E-state index contributed by atoms with van der Waals surface area (Å²) in [5, 5.41) is 0.570. The van der Waals surface area contributed by atoms with Gasteiger partial charge in [0.05, 0.1) is 17.9 Å². The molecule has 0 amide bonds. The molecule has 3 rings (SSSR count). The first-order chi connectivity index (χ1) is 15.5. The van der Waals surface area contributed by atoms with Gasteiger partial charge in [-0.1, -0.05) is 12.1 Å². The number of carbonyl (C=O) groups is 1. The zero-order valence-corrected chi connectivity index (χ0v) is 20.2. The first-order valence-corrected chi connectivity index (χ1v) is 11.9. The van der Waals surface area contributed by atoms with Gasteiger partial charge in [-0.3, -0.25) is 0 Å². The van der Waals surface area contributed by atoms with Crippen molar-refractivity contribution in [3.8, 4) is 16.3 Å². The minimum Gasteiger partial charge on any atom is -0.476 e. The van der Waals surface area contributed by atoms with Gasteiger partial charge in [-0.05, 0) is 75.1 Å². The predicted octanol–water partition coefficient (Wildman–Crippen LogP) is 6.55. The van der Waals surface area contributed by atoms with Crippen LogP contribution in [0.25, 0.3) is 10.6 Å². The summed E-state index contributed by atoms with van der Waals surface area (Å²) in [5.74, 6) is 1.27. The SMILES string of the molecule is CCOC(=O)C(C)(C)Oc1ccc(SCc2nsc(-c3ccc(C(F)(F)F)cc3)n2)cc1C. The van der Waals surface area contributed by atoms with Crippen LogP contribution in [0.5, 0.6) is 5.75 Å². The summed E-state index contributed by atoms with van der Waals surface area (Å²) in [4.78, 5) is 17.5. The summed E-state index contributed by atoms with van der Waals surface area (Å²) < 4.78 is 53.4. The normalized spacial score (nSPS) is 12.0. The minimum absolute atomic E-state index is 0.283. The average Bonchev–Trinajstić information content (AvgIpc) is 3.23. The number of aromatic nitrogens is 2. The summed E-state index contributed by atoms with van der Waals surface area (Å²) in [6, 6.07) is 10.5. The summed E-state index contributed by atoms with van der Waals surface area (Å²) >= 11 is 2.68. The van der Waals surface area contributed by atoms with Crippen molar-refractivity contribution in [2.45, 2.75) is 50.1 Å². The second kappa shape index (κ2) is 10.1. The average molecular weight is 497 g/mol. The molecule has 0 atom stereocenters. The molecule has 0 saturated carbocycles. The van der Waals surface area contributed by atoms with Crippen molar-refractivity contribution in [1.29, 1.82) is 0 Å². The molecule has 0 aliphatic rings. The Balaban J connectivity index is 1.62. The van der Waals surface area contributed by atoms with Crippen LogP contribution < -0.4 is 4.74 Å². The van der Waals surface area contributed by atoms with Crippen LogP contribution in [0.4, 0.5) is 13.2 Å². The Morgan fingerprint density at radius 1 is 1.12 bits per heavy atom. The lowest BCUT2D eigenvalue weighted by molar-refractivity contribution is -0.158. The second-order valence-electron chi connectivity index (χ2n) is 7.64. The highest BCUT2D eigenvalue weighted by molar-refractivity contribution is 7.98. The van der Waals surface area contributed by atoms with Crippen LogP contribution in [0.1, 0.15) is 37.7 Å². The predicted molar refractivity (Wildman–Crippen MR) is 122 cm³/mol. The summed E-state index contributed by atoms with van der Waals surface area (Å²) in [6.45, 7) is 7.25. The number of alkyl halides is 3. The monoisotopic (exact) mass is 496 g/mol. The number of rotatable bonds is 8. The Morgan fingerprint density at radius 2 is 1.82 bits per heavy atom. The molecule has 1 aromatic heterocycles. The van der Waals surface area contributed by atoms with Crippen molar-refractivity contribution in [2.24, 2.45) is 0 Å². The molecule has 0 radical (unpaired) electrons. The summed E-state index contributed by atoms with van der Waals surface area (Å²) in [5.41, 5.74) is -0.332. The maximum absolute atomic E-state index is 12.7. The van der Waals surface area contributed by atoms with Gasteiger partial charge in [0.25, 0.3) is 0 Å². The van der Waals surface area contributed by atoms with Crippen LogP contribution in [0.3, 0.4) is 0 Å². The fraction of sp³-hybridized carbons (Fsp3) is 0.348. The van der Waals surface area contributed by atoms with E-state index in [0.717, 1.165) is 34.1 Å². The van der Waals surface area contributed by atoms with Crippen LogP contribution in [-0.2, 0) is 21.5 Å². The zero-order chi connectivity index (χ0) is 24.2. The number of hydrogen-bond donors (Lipinski definition) is 0. The standard InChI is InChI=1S/C23H23F3N2O3S2/c1-5-30-21(29)22(3,4)31-18-11-10-17(12-14(18)2)32-13-19-27-20(33-28-19)15-6-8-16(9-7-15)23(24,25)26/h6-12H,5,13H2,1-4H3. The van der Waals surface area contributed by atoms with Crippen LogP contribution in [0.2, 0.25) is 0 Å². The third kappa shape index (κ3) is 6.48. The van der Waals surface area contributed by atoms with Gasteiger partial charge in [0, 0.05) is 10.5 Å². The van der Waals surface area contributed by atoms with E-state index in [4.69, 9.17) is 9.47 Å². The third-order valence-electron chi connectivity index (χ3n) is 4.57. The number of halogens is 3. The highest BCUT2D eigenvalue weighted by Crippen LogP contribution is 2.33. The van der Waals surface area contributed by atoms with E-state index in [1.807, 2.05) is 19.1 Å². The van der Waals surface area contributed by atoms with E-state index in [1.165, 1.54) is 23.9 Å². The van der Waals surface area contributed by atoms with Gasteiger partial charge in [-0.2, -0.15) is 17.5 Å². The minimum atomic E-state index is -4.37. The fourth-order valence-corrected chi connectivity index (χ4v) is 4.44. The van der Waals surface area contributed by atoms with Gasteiger partial charge in [-0.15, -0.1) is 11.8 Å². The smallest absolute Gasteiger partial charge is 0.416 e. The molecular weight excluding hydrogens is 473 g/mol. The van der Waals surface area contributed by atoms with Crippen molar-refractivity contribution >= 4 is 29.3 Å². The van der Waals surface area contributed by atoms with E-state index in [1.54, 1.807) is 26.8 Å². The Hall–Kier alpha value is -2.59. The third-order valence-corrected chi connectivity index (χ3v) is 6.37. The summed E-state index contributed by atoms with van der Waals surface area (Å²) in [6.07, 6.45) is -4.37. The second-order valence-corrected chi connectivity index (χ2v) is 9.44. The lowest BCUT2D eigenvalue weighted by atomic mass is 10.1. The number of ether oxygens (including phenoxy) is 2. The van der Waals surface area contributed by atoms with Gasteiger partial charge < -0.3 is 9.47 Å². The lowest BCUT2D eigenvalue weighted by Gasteiger charge is -2.25. The lowest BCUT2D eigenvalue weighted by Crippen LogP contribution is -2.39. The molecule has 0 aliphatic heterocycles. The number of thioether (sulfide) groups is 1. The van der Waals surface area contributed by atoms with Crippen LogP contribution in [0, 0.1) is 6.92 Å². The molecule has 5 nitrogen and oxygen atoms in total. The van der Waals surface area contributed by atoms with E-state index >= 15 is 0 Å². The molecule has 3 aromatic rings. The molecule has 0 spiro atoms. The molecule has 0 saturated heterocycles. The number of carbonyl (C=O) groups excluding carboxylic acids is 1. The highest BCUT2D eigenvalue weighted by Gasteiger charge is 2.32. The van der Waals surface area contributed by atoms with E-state index in [0.29, 0.717) is 27.9 Å². The first-order valence-electron chi connectivity index (χ1n) is 10.1. The van der Waals surface area contributed by atoms with Gasteiger partial charge in [0.2, 0.25) is 0 Å². The van der Waals surface area contributed by atoms with Crippen molar-refractivity contribution < 1.29 is 27.4 Å². The number of benzene rings is 2. The molecule has 0 aliphatic carbocycles. The molecule has 0 N–H and O–H groups in total. The largest absolute Gasteiger partial charge is 0.476 e. The van der Waals surface area contributed by atoms with E-state index in [-0.39, 0.29) is 6.61 Å². The number of nitrogens with zero attached hydrogens (tertiary/aromatic N) is 2. The van der Waals surface area contributed by atoms with Crippen molar-refractivity contribution in [3.63, 3.8) is 0 Å². The Kier molecular flexibility index (Phi) is 7.69. The van der Waals surface area contributed by atoms with E-state index in [9.17, 15) is 18.0 Å². The number of aryl methyl sites for hydroxylation is 1. The Bertz CT molecular complexity index is 1110. The molecule has 2 aromatic carbocycles. The van der Waals surface area contributed by atoms with E-state index < -0.39 is 23.3 Å². The quantitative estimate of drug-likeness (QED) is 0.261. The van der Waals surface area contributed by atoms with Crippen LogP contribution >= 0.6 is 23.3 Å². The molecule has 0 fully saturated rings. The molecule has 176 valence electrons. The van der Waals surface area contributed by atoms with Crippen molar-refractivity contribution in [3.05, 3.63) is 59.4 Å². The topological polar surface area (TPSA) is 61.3 Å². The van der Waals surface area contributed by atoms with E-state index in [2.05, 4.69) is 9.36 Å². The number of esters is 1. The van der Waals surface area contributed by atoms with Crippen molar-refractivity contribution in [2.75, 3.05) is 6.61 Å². The molecule has 10 heteroatoms. The molecular formula is C23H23F3N2O3S2. The van der Waals surface area contributed by atoms with Crippen molar-refractivity contribution in [1.82, 2.24) is 9.36 Å². The molecule has 0 unspecified atom stereocenters. The molecule has 33 heavy (non-hydrogen) atoms. The van der Waals surface area contributed by atoms with Crippen LogP contribution in [0.15, 0.2) is 47.4 Å². The molecule has 1 heterocycles. The fourth-order valence-electron chi connectivity index (χ4n) is 2.83. The maximum Gasteiger partial charge on any atom is 0.416 e. The highest BCUT2D eigenvalue weighted by atomic mass is 32.2. The number of hydrogen-bond acceptors (Lipinski definition) is 7. The summed E-state index contributed by atoms with van der Waals surface area (Å²) in [7, 11) is 0. The van der Waals surface area contributed by atoms with Gasteiger partial charge in [0.1, 0.15) is 10.8 Å². The van der Waals surface area contributed by atoms with Gasteiger partial charge in [-0.25, -0.2) is 9.78 Å². The zero-order valence-electron chi connectivity index (χ0n) is 18.5. The van der Waals surface area contributed by atoms with Crippen LogP contribution in [-0.4, -0.2) is 27.5 Å². The van der Waals surface area contributed by atoms with Gasteiger partial charge >= 0.3 is 12.1 Å².